The van der Waals surface area contributed by atoms with Crippen LogP contribution in [0.15, 0.2) is 48.5 Å². The molecule has 1 atom stereocenters. The number of hydrogen-bond donors (Lipinski definition) is 0. The van der Waals surface area contributed by atoms with Gasteiger partial charge in [-0.05, 0) is 29.7 Å². The van der Waals surface area contributed by atoms with Gasteiger partial charge in [0.15, 0.2) is 11.5 Å². The first-order valence-electron chi connectivity index (χ1n) is 7.62. The van der Waals surface area contributed by atoms with Crippen LogP contribution in [-0.4, -0.2) is 20.3 Å². The van der Waals surface area contributed by atoms with Crippen LogP contribution in [0.5, 0.6) is 11.5 Å². The molecule has 1 aliphatic heterocycles. The largest absolute Gasteiger partial charge is 0.493 e. The molecule has 0 radical (unpaired) electrons. The molecule has 1 heterocycles. The van der Waals surface area contributed by atoms with Crippen LogP contribution < -0.4 is 9.47 Å². The predicted molar refractivity (Wildman–Crippen MR) is 86.5 cm³/mol. The van der Waals surface area contributed by atoms with Gasteiger partial charge in [-0.25, -0.2) is 0 Å². The average molecular weight is 309 g/mol. The monoisotopic (exact) mass is 309 g/mol. The van der Waals surface area contributed by atoms with E-state index in [1.807, 2.05) is 48.5 Å². The van der Waals surface area contributed by atoms with Crippen LogP contribution in [0.1, 0.15) is 17.5 Å². The van der Waals surface area contributed by atoms with Crippen molar-refractivity contribution in [3.8, 4) is 17.6 Å². The lowest BCUT2D eigenvalue weighted by Gasteiger charge is -2.20. The van der Waals surface area contributed by atoms with Gasteiger partial charge < -0.3 is 14.2 Å². The molecule has 4 heteroatoms. The Balaban J connectivity index is 1.81. The van der Waals surface area contributed by atoms with E-state index >= 15 is 0 Å². The third kappa shape index (κ3) is 3.15. The van der Waals surface area contributed by atoms with E-state index in [1.165, 1.54) is 0 Å². The third-order valence-corrected chi connectivity index (χ3v) is 4.19. The summed E-state index contributed by atoms with van der Waals surface area (Å²) in [6, 6.07) is 18.1. The number of ether oxygens (including phenoxy) is 3. The zero-order valence-corrected chi connectivity index (χ0v) is 13.1. The van der Waals surface area contributed by atoms with E-state index in [2.05, 4.69) is 6.07 Å². The molecule has 0 aromatic heterocycles. The molecule has 1 aliphatic rings. The van der Waals surface area contributed by atoms with E-state index in [-0.39, 0.29) is 0 Å². The van der Waals surface area contributed by atoms with E-state index in [9.17, 15) is 5.26 Å². The molecule has 0 amide bonds. The molecule has 0 aliphatic carbocycles. The van der Waals surface area contributed by atoms with E-state index in [0.29, 0.717) is 37.7 Å². The Morgan fingerprint density at radius 2 is 2.00 bits per heavy atom. The zero-order valence-electron chi connectivity index (χ0n) is 13.1. The minimum atomic E-state index is -0.578. The van der Waals surface area contributed by atoms with Crippen LogP contribution in [0.25, 0.3) is 0 Å². The number of benzene rings is 2. The summed E-state index contributed by atoms with van der Waals surface area (Å²) < 4.78 is 16.7. The van der Waals surface area contributed by atoms with Crippen molar-refractivity contribution in [2.75, 3.05) is 20.3 Å². The fourth-order valence-electron chi connectivity index (χ4n) is 2.77. The quantitative estimate of drug-likeness (QED) is 0.849. The van der Waals surface area contributed by atoms with Gasteiger partial charge >= 0.3 is 0 Å². The minimum Gasteiger partial charge on any atom is -0.493 e. The van der Waals surface area contributed by atoms with Crippen molar-refractivity contribution in [2.24, 2.45) is 0 Å². The Bertz CT molecular complexity index is 700. The second-order valence-electron chi connectivity index (χ2n) is 5.64. The van der Waals surface area contributed by atoms with Gasteiger partial charge in [-0.1, -0.05) is 36.4 Å². The molecule has 2 aromatic rings. The normalized spacial score (nSPS) is 20.0. The van der Waals surface area contributed by atoms with Crippen LogP contribution in [0.3, 0.4) is 0 Å². The summed E-state index contributed by atoms with van der Waals surface area (Å²) in [5.41, 5.74) is 1.43. The molecule has 0 N–H and O–H groups in total. The summed E-state index contributed by atoms with van der Waals surface area (Å²) in [6.45, 7) is 1.52. The smallest absolute Gasteiger partial charge is 0.161 e. The van der Waals surface area contributed by atoms with Crippen LogP contribution in [0.4, 0.5) is 0 Å². The molecule has 1 saturated heterocycles. The SMILES string of the molecule is COc1cc(C2(C#N)CCOC2)ccc1OCc1ccccc1. The van der Waals surface area contributed by atoms with E-state index in [1.54, 1.807) is 7.11 Å². The van der Waals surface area contributed by atoms with Crippen LogP contribution in [0.2, 0.25) is 0 Å². The maximum Gasteiger partial charge on any atom is 0.161 e. The summed E-state index contributed by atoms with van der Waals surface area (Å²) in [6.07, 6.45) is 0.705. The average Bonchev–Trinajstić information content (AvgIpc) is 3.11. The molecule has 3 rings (SSSR count). The zero-order chi connectivity index (χ0) is 16.1. The van der Waals surface area contributed by atoms with Gasteiger partial charge in [0.05, 0.1) is 19.8 Å². The van der Waals surface area contributed by atoms with Gasteiger partial charge in [-0.3, -0.25) is 0 Å². The number of rotatable bonds is 5. The summed E-state index contributed by atoms with van der Waals surface area (Å²) in [7, 11) is 1.61. The molecule has 2 aromatic carbocycles. The molecule has 0 spiro atoms. The summed E-state index contributed by atoms with van der Waals surface area (Å²) in [5, 5.41) is 9.55. The van der Waals surface area contributed by atoms with Gasteiger partial charge in [0.25, 0.3) is 0 Å². The van der Waals surface area contributed by atoms with Gasteiger partial charge in [-0.15, -0.1) is 0 Å². The van der Waals surface area contributed by atoms with Gasteiger partial charge in [-0.2, -0.15) is 5.26 Å². The third-order valence-electron chi connectivity index (χ3n) is 4.19. The lowest BCUT2D eigenvalue weighted by molar-refractivity contribution is 0.186. The second kappa shape index (κ2) is 6.72. The van der Waals surface area contributed by atoms with Gasteiger partial charge in [0.1, 0.15) is 12.0 Å². The topological polar surface area (TPSA) is 51.5 Å². The number of nitriles is 1. The molecule has 0 saturated carbocycles. The second-order valence-corrected chi connectivity index (χ2v) is 5.64. The van der Waals surface area contributed by atoms with Crippen molar-refractivity contribution in [3.63, 3.8) is 0 Å². The molecular weight excluding hydrogens is 290 g/mol. The maximum atomic E-state index is 9.55. The Morgan fingerprint density at radius 1 is 1.17 bits per heavy atom. The first kappa shape index (κ1) is 15.4. The lowest BCUT2D eigenvalue weighted by atomic mass is 9.81. The predicted octanol–water partition coefficient (Wildman–Crippen LogP) is 3.46. The Labute approximate surface area is 136 Å². The Morgan fingerprint density at radius 3 is 2.65 bits per heavy atom. The molecule has 118 valence electrons. The van der Waals surface area contributed by atoms with Crippen molar-refractivity contribution < 1.29 is 14.2 Å². The number of nitrogens with zero attached hydrogens (tertiary/aromatic N) is 1. The van der Waals surface area contributed by atoms with Crippen molar-refractivity contribution >= 4 is 0 Å². The van der Waals surface area contributed by atoms with Crippen LogP contribution in [-0.2, 0) is 16.8 Å². The molecule has 1 fully saturated rings. The molecular formula is C19H19NO3. The fraction of sp³-hybridized carbons (Fsp3) is 0.316. The molecule has 4 nitrogen and oxygen atoms in total. The van der Waals surface area contributed by atoms with Crippen molar-refractivity contribution in [1.82, 2.24) is 0 Å². The van der Waals surface area contributed by atoms with E-state index in [4.69, 9.17) is 14.2 Å². The highest BCUT2D eigenvalue weighted by molar-refractivity contribution is 5.47. The van der Waals surface area contributed by atoms with Gasteiger partial charge in [0.2, 0.25) is 0 Å². The molecule has 1 unspecified atom stereocenters. The van der Waals surface area contributed by atoms with Gasteiger partial charge in [0, 0.05) is 6.61 Å². The van der Waals surface area contributed by atoms with E-state index in [0.717, 1.165) is 11.1 Å². The Kier molecular flexibility index (Phi) is 4.50. The highest BCUT2D eigenvalue weighted by Crippen LogP contribution is 2.38. The van der Waals surface area contributed by atoms with Crippen LogP contribution >= 0.6 is 0 Å². The number of hydrogen-bond acceptors (Lipinski definition) is 4. The maximum absolute atomic E-state index is 9.55. The van der Waals surface area contributed by atoms with Crippen molar-refractivity contribution in [2.45, 2.75) is 18.4 Å². The van der Waals surface area contributed by atoms with Crippen molar-refractivity contribution in [3.05, 3.63) is 59.7 Å². The minimum absolute atomic E-state index is 0.427. The first-order valence-corrected chi connectivity index (χ1v) is 7.62. The highest BCUT2D eigenvalue weighted by Gasteiger charge is 2.37. The molecule has 23 heavy (non-hydrogen) atoms. The highest BCUT2D eigenvalue weighted by atomic mass is 16.5. The summed E-state index contributed by atoms with van der Waals surface area (Å²) in [4.78, 5) is 0. The standard InChI is InChI=1S/C19H19NO3/c1-21-18-11-16(19(13-20)9-10-22-14-19)7-8-17(18)23-12-15-5-3-2-4-6-15/h2-8,11H,9-10,12,14H2,1H3. The molecule has 0 bridgehead atoms. The Hall–Kier alpha value is -2.51. The first-order chi connectivity index (χ1) is 11.3. The summed E-state index contributed by atoms with van der Waals surface area (Å²) in [5.74, 6) is 1.31. The lowest BCUT2D eigenvalue weighted by Crippen LogP contribution is -2.24. The van der Waals surface area contributed by atoms with Crippen LogP contribution in [0, 0.1) is 11.3 Å². The van der Waals surface area contributed by atoms with E-state index < -0.39 is 5.41 Å². The van der Waals surface area contributed by atoms with Crippen molar-refractivity contribution in [1.29, 1.82) is 5.26 Å². The fourth-order valence-corrected chi connectivity index (χ4v) is 2.77. The summed E-state index contributed by atoms with van der Waals surface area (Å²) >= 11 is 0. The number of methoxy groups -OCH3 is 1.